The number of hydrogen-bond acceptors (Lipinski definition) is 3. The molecule has 102 valence electrons. The molecule has 2 rings (SSSR count). The van der Waals surface area contributed by atoms with Crippen molar-refractivity contribution < 1.29 is 9.13 Å². The van der Waals surface area contributed by atoms with Crippen LogP contribution in [-0.2, 0) is 12.3 Å². The maximum Gasteiger partial charge on any atom is 0.183 e. The molecular weight excluding hydrogens is 308 g/mol. The fourth-order valence-electron chi connectivity index (χ4n) is 1.53. The van der Waals surface area contributed by atoms with Crippen LogP contribution in [0.3, 0.4) is 0 Å². The first-order valence-corrected chi connectivity index (χ1v) is 7.56. The highest BCUT2D eigenvalue weighted by Gasteiger charge is 2.07. The van der Waals surface area contributed by atoms with Crippen LogP contribution in [0.1, 0.15) is 17.1 Å². The van der Waals surface area contributed by atoms with Crippen molar-refractivity contribution in [3.8, 4) is 5.75 Å². The third-order valence-electron chi connectivity index (χ3n) is 2.44. The number of ether oxygens (including phenoxy) is 1. The molecule has 1 heterocycles. The van der Waals surface area contributed by atoms with Gasteiger partial charge in [0.05, 0.1) is 28.2 Å². The van der Waals surface area contributed by atoms with E-state index in [2.05, 4.69) is 4.98 Å². The number of thiazole rings is 1. The summed E-state index contributed by atoms with van der Waals surface area (Å²) in [5, 5.41) is 3.04. The average Bonchev–Trinajstić information content (AvgIpc) is 2.87. The van der Waals surface area contributed by atoms with Crippen LogP contribution in [0.4, 0.5) is 4.39 Å². The highest BCUT2D eigenvalue weighted by Crippen LogP contribution is 2.24. The van der Waals surface area contributed by atoms with Crippen LogP contribution in [0.15, 0.2) is 23.6 Å². The van der Waals surface area contributed by atoms with Crippen LogP contribution >= 0.6 is 34.5 Å². The number of nitrogens with zero attached hydrogens (tertiary/aromatic N) is 1. The Hall–Kier alpha value is -0.840. The largest absolute Gasteiger partial charge is 0.490 e. The molecule has 0 saturated carbocycles. The molecule has 2 aromatic rings. The van der Waals surface area contributed by atoms with Gasteiger partial charge in [-0.1, -0.05) is 17.7 Å². The predicted molar refractivity (Wildman–Crippen MR) is 76.9 cm³/mol. The Balaban J connectivity index is 1.79. The summed E-state index contributed by atoms with van der Waals surface area (Å²) in [7, 11) is 0. The Morgan fingerprint density at radius 2 is 2.21 bits per heavy atom. The number of aromatic nitrogens is 1. The molecular formula is C13H12Cl2FNOS. The lowest BCUT2D eigenvalue weighted by atomic mass is 10.3. The van der Waals surface area contributed by atoms with E-state index in [1.807, 2.05) is 5.38 Å². The summed E-state index contributed by atoms with van der Waals surface area (Å²) in [4.78, 5) is 4.34. The van der Waals surface area contributed by atoms with Gasteiger partial charge in [-0.15, -0.1) is 22.9 Å². The first-order chi connectivity index (χ1) is 9.20. The standard InChI is InChI=1S/C13H12Cl2FNOS/c14-7-9-8-19-12(17-9)5-2-6-18-11-4-1-3-10(15)13(11)16/h1,3-4,8H,2,5-7H2. The second-order valence-electron chi connectivity index (χ2n) is 3.87. The van der Waals surface area contributed by atoms with Crippen molar-refractivity contribution in [3.05, 3.63) is 45.1 Å². The first kappa shape index (κ1) is 14.6. The summed E-state index contributed by atoms with van der Waals surface area (Å²) < 4.78 is 18.9. The molecule has 19 heavy (non-hydrogen) atoms. The van der Waals surface area contributed by atoms with Gasteiger partial charge >= 0.3 is 0 Å². The Kier molecular flexibility index (Phi) is 5.43. The van der Waals surface area contributed by atoms with Crippen LogP contribution in [0, 0.1) is 5.82 Å². The van der Waals surface area contributed by atoms with Gasteiger partial charge in [0, 0.05) is 11.8 Å². The van der Waals surface area contributed by atoms with Crippen LogP contribution in [0.2, 0.25) is 5.02 Å². The minimum Gasteiger partial charge on any atom is -0.490 e. The molecule has 0 bridgehead atoms. The SMILES string of the molecule is Fc1c(Cl)cccc1OCCCc1nc(CCl)cs1. The minimum atomic E-state index is -0.511. The van der Waals surface area contributed by atoms with E-state index >= 15 is 0 Å². The molecule has 0 atom stereocenters. The zero-order valence-electron chi connectivity index (χ0n) is 10.0. The van der Waals surface area contributed by atoms with E-state index < -0.39 is 5.82 Å². The van der Waals surface area contributed by atoms with E-state index in [1.54, 1.807) is 23.5 Å². The first-order valence-electron chi connectivity index (χ1n) is 5.76. The van der Waals surface area contributed by atoms with Crippen molar-refractivity contribution in [2.75, 3.05) is 6.61 Å². The number of alkyl halides is 1. The van der Waals surface area contributed by atoms with Gasteiger partial charge in [-0.2, -0.15) is 0 Å². The summed E-state index contributed by atoms with van der Waals surface area (Å²) in [6.45, 7) is 0.424. The summed E-state index contributed by atoms with van der Waals surface area (Å²) in [5.74, 6) is 0.108. The molecule has 0 fully saturated rings. The number of benzene rings is 1. The van der Waals surface area contributed by atoms with Gasteiger partial charge in [0.2, 0.25) is 0 Å². The molecule has 0 spiro atoms. The Labute approximate surface area is 125 Å². The van der Waals surface area contributed by atoms with Crippen molar-refractivity contribution in [2.24, 2.45) is 0 Å². The normalized spacial score (nSPS) is 10.7. The van der Waals surface area contributed by atoms with E-state index in [0.717, 1.165) is 23.5 Å². The van der Waals surface area contributed by atoms with Gasteiger partial charge in [-0.3, -0.25) is 0 Å². The molecule has 0 aliphatic heterocycles. The van der Waals surface area contributed by atoms with Crippen LogP contribution < -0.4 is 4.74 Å². The topological polar surface area (TPSA) is 22.1 Å². The minimum absolute atomic E-state index is 0.0733. The Bertz CT molecular complexity index is 547. The van der Waals surface area contributed by atoms with E-state index in [-0.39, 0.29) is 10.8 Å². The van der Waals surface area contributed by atoms with Gasteiger partial charge in [-0.05, 0) is 18.6 Å². The average molecular weight is 320 g/mol. The second-order valence-corrected chi connectivity index (χ2v) is 5.49. The van der Waals surface area contributed by atoms with Crippen LogP contribution in [-0.4, -0.2) is 11.6 Å². The lowest BCUT2D eigenvalue weighted by Gasteiger charge is -2.07. The molecule has 0 N–H and O–H groups in total. The van der Waals surface area contributed by atoms with Crippen molar-refractivity contribution >= 4 is 34.5 Å². The lowest BCUT2D eigenvalue weighted by molar-refractivity contribution is 0.295. The smallest absolute Gasteiger partial charge is 0.183 e. The predicted octanol–water partition coefficient (Wildman–Crippen LogP) is 4.69. The molecule has 0 aliphatic rings. The molecule has 2 nitrogen and oxygen atoms in total. The maximum atomic E-state index is 13.5. The van der Waals surface area contributed by atoms with E-state index in [9.17, 15) is 4.39 Å². The quantitative estimate of drug-likeness (QED) is 0.569. The number of halogens is 3. The Morgan fingerprint density at radius 3 is 2.95 bits per heavy atom. The molecule has 0 saturated heterocycles. The number of aryl methyl sites for hydroxylation is 1. The van der Waals surface area contributed by atoms with Crippen molar-refractivity contribution in [1.29, 1.82) is 0 Å². The van der Waals surface area contributed by atoms with Crippen molar-refractivity contribution in [3.63, 3.8) is 0 Å². The summed E-state index contributed by atoms with van der Waals surface area (Å²) in [5.41, 5.74) is 0.892. The lowest BCUT2D eigenvalue weighted by Crippen LogP contribution is -2.01. The van der Waals surface area contributed by atoms with Crippen LogP contribution in [0.25, 0.3) is 0 Å². The summed E-state index contributed by atoms with van der Waals surface area (Å²) in [6.07, 6.45) is 1.56. The van der Waals surface area contributed by atoms with E-state index in [4.69, 9.17) is 27.9 Å². The summed E-state index contributed by atoms with van der Waals surface area (Å²) in [6, 6.07) is 4.72. The zero-order chi connectivity index (χ0) is 13.7. The fourth-order valence-corrected chi connectivity index (χ4v) is 2.76. The van der Waals surface area contributed by atoms with Gasteiger partial charge in [0.25, 0.3) is 0 Å². The highest BCUT2D eigenvalue weighted by atomic mass is 35.5. The third-order valence-corrected chi connectivity index (χ3v) is 3.97. The number of hydrogen-bond donors (Lipinski definition) is 0. The molecule has 6 heteroatoms. The zero-order valence-corrected chi connectivity index (χ0v) is 12.4. The molecule has 0 unspecified atom stereocenters. The second kappa shape index (κ2) is 7.08. The van der Waals surface area contributed by atoms with Gasteiger partial charge < -0.3 is 4.74 Å². The fraction of sp³-hybridized carbons (Fsp3) is 0.308. The van der Waals surface area contributed by atoms with Crippen molar-refractivity contribution in [1.82, 2.24) is 4.98 Å². The monoisotopic (exact) mass is 319 g/mol. The molecule has 0 amide bonds. The Morgan fingerprint density at radius 1 is 1.37 bits per heavy atom. The molecule has 0 aliphatic carbocycles. The van der Waals surface area contributed by atoms with Gasteiger partial charge in [0.1, 0.15) is 0 Å². The highest BCUT2D eigenvalue weighted by molar-refractivity contribution is 7.09. The van der Waals surface area contributed by atoms with E-state index in [0.29, 0.717) is 12.5 Å². The van der Waals surface area contributed by atoms with Gasteiger partial charge in [-0.25, -0.2) is 9.37 Å². The maximum absolute atomic E-state index is 13.5. The molecule has 1 aromatic heterocycles. The third kappa shape index (κ3) is 4.06. The molecule has 0 radical (unpaired) electrons. The van der Waals surface area contributed by atoms with Crippen molar-refractivity contribution in [2.45, 2.75) is 18.7 Å². The number of rotatable bonds is 6. The van der Waals surface area contributed by atoms with Gasteiger partial charge in [0.15, 0.2) is 11.6 Å². The summed E-state index contributed by atoms with van der Waals surface area (Å²) >= 11 is 12.9. The molecule has 1 aromatic carbocycles. The van der Waals surface area contributed by atoms with Crippen LogP contribution in [0.5, 0.6) is 5.75 Å². The van der Waals surface area contributed by atoms with E-state index in [1.165, 1.54) is 6.07 Å².